The Morgan fingerprint density at radius 3 is 2.63 bits per heavy atom. The SMILES string of the molecule is C=NC(/C(C)=C\N=C(N)\C=C(\C)NC)=C1/C=NC/C(N2C(=O)c3ccc([N+](=O)[O-])cc3C2=O)=C\C=C/C1=C. The number of nitrogens with zero attached hydrogens (tertiary/aromatic N) is 5. The van der Waals surface area contributed by atoms with Gasteiger partial charge in [-0.05, 0) is 49.9 Å². The van der Waals surface area contributed by atoms with Gasteiger partial charge in [0, 0.05) is 42.9 Å². The van der Waals surface area contributed by atoms with Crippen molar-refractivity contribution in [1.29, 1.82) is 0 Å². The fourth-order valence-corrected chi connectivity index (χ4v) is 3.68. The van der Waals surface area contributed by atoms with Crippen LogP contribution in [0.15, 0.2) is 104 Å². The normalized spacial score (nSPS) is 20.2. The molecule has 0 saturated carbocycles. The first-order valence-electron chi connectivity index (χ1n) is 11.4. The smallest absolute Gasteiger partial charge is 0.270 e. The Kier molecular flexibility index (Phi) is 8.43. The predicted molar refractivity (Wildman–Crippen MR) is 148 cm³/mol. The van der Waals surface area contributed by atoms with E-state index in [1.807, 2.05) is 6.92 Å². The summed E-state index contributed by atoms with van der Waals surface area (Å²) in [4.78, 5) is 50.3. The molecule has 0 aliphatic carbocycles. The van der Waals surface area contributed by atoms with E-state index >= 15 is 0 Å². The fourth-order valence-electron chi connectivity index (χ4n) is 3.68. The van der Waals surface area contributed by atoms with Crippen molar-refractivity contribution < 1.29 is 14.5 Å². The largest absolute Gasteiger partial charge is 0.392 e. The van der Waals surface area contributed by atoms with Crippen molar-refractivity contribution in [3.63, 3.8) is 0 Å². The number of benzene rings is 1. The number of nitro benzene ring substituents is 1. The number of imide groups is 1. The number of rotatable bonds is 7. The second kappa shape index (κ2) is 11.7. The van der Waals surface area contributed by atoms with Crippen LogP contribution in [0.2, 0.25) is 0 Å². The third-order valence-corrected chi connectivity index (χ3v) is 5.73. The summed E-state index contributed by atoms with van der Waals surface area (Å²) in [5, 5.41) is 14.1. The predicted octanol–water partition coefficient (Wildman–Crippen LogP) is 3.61. The maximum absolute atomic E-state index is 13.0. The summed E-state index contributed by atoms with van der Waals surface area (Å²) >= 11 is 0. The molecule has 11 heteroatoms. The van der Waals surface area contributed by atoms with E-state index in [1.54, 1.807) is 44.5 Å². The van der Waals surface area contributed by atoms with Crippen LogP contribution in [0.3, 0.4) is 0 Å². The second-order valence-corrected chi connectivity index (χ2v) is 8.31. The Balaban J connectivity index is 1.94. The highest BCUT2D eigenvalue weighted by Gasteiger charge is 2.38. The van der Waals surface area contributed by atoms with Gasteiger partial charge >= 0.3 is 0 Å². The third kappa shape index (κ3) is 5.78. The summed E-state index contributed by atoms with van der Waals surface area (Å²) in [5.74, 6) is -0.928. The number of hydrogen-bond acceptors (Lipinski definition) is 8. The molecule has 0 fully saturated rings. The van der Waals surface area contributed by atoms with Crippen molar-refractivity contribution in [2.24, 2.45) is 20.7 Å². The molecule has 2 aliphatic rings. The number of carbonyl (C=O) groups is 2. The highest BCUT2D eigenvalue weighted by molar-refractivity contribution is 6.22. The molecule has 1 aromatic rings. The Morgan fingerprint density at radius 1 is 1.26 bits per heavy atom. The van der Waals surface area contributed by atoms with E-state index in [1.165, 1.54) is 18.3 Å². The van der Waals surface area contributed by atoms with Crippen molar-refractivity contribution in [1.82, 2.24) is 10.2 Å². The number of hydrogen-bond donors (Lipinski definition) is 2. The average Bonchev–Trinajstić information content (AvgIpc) is 3.18. The van der Waals surface area contributed by atoms with Gasteiger partial charge in [-0.15, -0.1) is 0 Å². The molecule has 2 amide bonds. The molecule has 0 spiro atoms. The molecule has 1 aromatic carbocycles. The number of fused-ring (bicyclic) bond motifs is 1. The molecule has 3 N–H and O–H groups in total. The molecular weight excluding hydrogens is 486 g/mol. The van der Waals surface area contributed by atoms with E-state index in [4.69, 9.17) is 5.73 Å². The van der Waals surface area contributed by atoms with Gasteiger partial charge in [-0.25, -0.2) is 9.89 Å². The summed E-state index contributed by atoms with van der Waals surface area (Å²) in [7, 11) is 1.78. The number of nitrogens with one attached hydrogen (secondary N) is 1. The van der Waals surface area contributed by atoms with Crippen molar-refractivity contribution >= 4 is 36.3 Å². The van der Waals surface area contributed by atoms with E-state index in [9.17, 15) is 19.7 Å². The van der Waals surface area contributed by atoms with Crippen LogP contribution in [0.4, 0.5) is 5.69 Å². The van der Waals surface area contributed by atoms with Crippen molar-refractivity contribution in [3.05, 3.63) is 110 Å². The summed E-state index contributed by atoms with van der Waals surface area (Å²) in [6, 6.07) is 3.59. The van der Waals surface area contributed by atoms with Crippen LogP contribution in [0.1, 0.15) is 34.6 Å². The van der Waals surface area contributed by atoms with Gasteiger partial charge in [0.15, 0.2) is 0 Å². The average molecular weight is 514 g/mol. The first kappa shape index (κ1) is 27.4. The number of amidine groups is 1. The van der Waals surface area contributed by atoms with E-state index in [0.717, 1.165) is 16.7 Å². The zero-order chi connectivity index (χ0) is 28.0. The minimum Gasteiger partial charge on any atom is -0.392 e. The summed E-state index contributed by atoms with van der Waals surface area (Å²) in [5.41, 5.74) is 9.13. The van der Waals surface area contributed by atoms with Gasteiger partial charge in [-0.3, -0.25) is 29.7 Å². The number of non-ortho nitro benzene ring substituents is 1. The summed E-state index contributed by atoms with van der Waals surface area (Å²) < 4.78 is 0. The number of aliphatic imine (C=N–C) groups is 3. The lowest BCUT2D eigenvalue weighted by Gasteiger charge is -2.16. The minimum atomic E-state index is -0.650. The Bertz CT molecular complexity index is 1460. The number of allylic oxidation sites excluding steroid dienone is 7. The Morgan fingerprint density at radius 2 is 1.97 bits per heavy atom. The maximum Gasteiger partial charge on any atom is 0.270 e. The van der Waals surface area contributed by atoms with Crippen LogP contribution in [-0.4, -0.2) is 54.0 Å². The van der Waals surface area contributed by atoms with Gasteiger partial charge in [-0.2, -0.15) is 0 Å². The van der Waals surface area contributed by atoms with Crippen LogP contribution in [0.25, 0.3) is 0 Å². The lowest BCUT2D eigenvalue weighted by molar-refractivity contribution is -0.384. The lowest BCUT2D eigenvalue weighted by Crippen LogP contribution is -2.30. The molecule has 194 valence electrons. The zero-order valence-corrected chi connectivity index (χ0v) is 21.3. The van der Waals surface area contributed by atoms with Crippen LogP contribution in [-0.2, 0) is 0 Å². The molecule has 2 aliphatic heterocycles. The first-order chi connectivity index (χ1) is 18.1. The van der Waals surface area contributed by atoms with Gasteiger partial charge in [-0.1, -0.05) is 18.7 Å². The van der Waals surface area contributed by atoms with Gasteiger partial charge in [0.05, 0.1) is 34.0 Å². The van der Waals surface area contributed by atoms with E-state index < -0.39 is 16.7 Å². The number of carbonyl (C=O) groups excluding carboxylic acids is 2. The number of amides is 2. The zero-order valence-electron chi connectivity index (χ0n) is 21.3. The van der Waals surface area contributed by atoms with Gasteiger partial charge in [0.1, 0.15) is 5.84 Å². The molecule has 0 bridgehead atoms. The van der Waals surface area contributed by atoms with Crippen molar-refractivity contribution in [3.8, 4) is 0 Å². The molecule has 0 radical (unpaired) electrons. The number of nitrogens with two attached hydrogens (primary N) is 1. The van der Waals surface area contributed by atoms with E-state index in [0.29, 0.717) is 33.9 Å². The molecular formula is C27H27N7O4. The molecule has 11 nitrogen and oxygen atoms in total. The monoisotopic (exact) mass is 513 g/mol. The minimum absolute atomic E-state index is 0.0265. The Hall–Kier alpha value is -5.19. The van der Waals surface area contributed by atoms with Gasteiger partial charge in [0.25, 0.3) is 17.5 Å². The van der Waals surface area contributed by atoms with E-state index in [2.05, 4.69) is 33.6 Å². The molecule has 3 rings (SSSR count). The summed E-state index contributed by atoms with van der Waals surface area (Å²) in [6.45, 7) is 11.4. The molecule has 0 atom stereocenters. The third-order valence-electron chi connectivity index (χ3n) is 5.73. The quantitative estimate of drug-likeness (QED) is 0.186. The van der Waals surface area contributed by atoms with Gasteiger partial charge < -0.3 is 11.1 Å². The molecule has 0 saturated heterocycles. The molecule has 2 heterocycles. The highest BCUT2D eigenvalue weighted by Crippen LogP contribution is 2.30. The highest BCUT2D eigenvalue weighted by atomic mass is 16.6. The topological polar surface area (TPSA) is 156 Å². The molecule has 38 heavy (non-hydrogen) atoms. The maximum atomic E-state index is 13.0. The van der Waals surface area contributed by atoms with Crippen molar-refractivity contribution in [2.75, 3.05) is 13.6 Å². The standard InChI is InChI=1S/C27H27N7O4/c1-16-7-6-8-20(33-26(35)21-10-9-19(34(37)38)12-22(21)27(33)36)14-31-15-23(16)25(30-5)17(2)13-32-24(28)11-18(3)29-4/h6-13,15,29H,1,5,14H2,2-4H3,(H2,28,32)/b7-6-,17-13-,18-11-,20-8+,25-23-,31-15?. The molecule has 0 unspecified atom stereocenters. The fraction of sp³-hybridized carbons (Fsp3) is 0.148. The van der Waals surface area contributed by atoms with Crippen LogP contribution < -0.4 is 11.1 Å². The Labute approximate surface area is 219 Å². The number of nitro groups is 1. The van der Waals surface area contributed by atoms with Crippen LogP contribution in [0.5, 0.6) is 0 Å². The second-order valence-electron chi connectivity index (χ2n) is 8.31. The molecule has 0 aromatic heterocycles. The van der Waals surface area contributed by atoms with Crippen molar-refractivity contribution in [2.45, 2.75) is 13.8 Å². The summed E-state index contributed by atoms with van der Waals surface area (Å²) in [6.07, 6.45) is 9.68. The van der Waals surface area contributed by atoms with Crippen LogP contribution >= 0.6 is 0 Å². The van der Waals surface area contributed by atoms with Gasteiger partial charge in [0.2, 0.25) is 0 Å². The first-order valence-corrected chi connectivity index (χ1v) is 11.4. The van der Waals surface area contributed by atoms with E-state index in [-0.39, 0.29) is 23.4 Å². The van der Waals surface area contributed by atoms with Crippen LogP contribution in [0, 0.1) is 10.1 Å². The lowest BCUT2D eigenvalue weighted by atomic mass is 10.0.